The number of rotatable bonds is 17. The molecule has 52 heavy (non-hydrogen) atoms. The maximum atomic E-state index is 13.4. The van der Waals surface area contributed by atoms with Crippen LogP contribution in [0.1, 0.15) is 34.7 Å². The number of hydrogen-bond donors (Lipinski definition) is 3. The SMILES string of the molecule is CNC(=O)Oc1cc(C[C@H](NC(=O)[C@@H](C)Cc2ccc(OCc3ccccc3)c(OCc3ccccc3)c2)C(N)=O)ccc1OCc1ccccc1. The molecule has 0 bridgehead atoms. The molecule has 3 amide bonds. The summed E-state index contributed by atoms with van der Waals surface area (Å²) in [4.78, 5) is 38.1. The van der Waals surface area contributed by atoms with E-state index in [0.29, 0.717) is 42.4 Å². The van der Waals surface area contributed by atoms with E-state index in [4.69, 9.17) is 24.7 Å². The van der Waals surface area contributed by atoms with E-state index < -0.39 is 24.0 Å². The maximum absolute atomic E-state index is 13.4. The zero-order valence-corrected chi connectivity index (χ0v) is 29.2. The smallest absolute Gasteiger partial charge is 0.412 e. The molecule has 0 aliphatic rings. The minimum Gasteiger partial charge on any atom is -0.485 e. The third-order valence-electron chi connectivity index (χ3n) is 8.22. The Hall–Kier alpha value is -6.29. The van der Waals surface area contributed by atoms with E-state index in [1.54, 1.807) is 25.1 Å². The van der Waals surface area contributed by atoms with Crippen LogP contribution in [0.2, 0.25) is 0 Å². The summed E-state index contributed by atoms with van der Waals surface area (Å²) in [6, 6.07) is 38.9. The highest BCUT2D eigenvalue weighted by Crippen LogP contribution is 2.32. The van der Waals surface area contributed by atoms with Crippen LogP contribution in [-0.2, 0) is 42.3 Å². The molecule has 5 aromatic carbocycles. The highest BCUT2D eigenvalue weighted by molar-refractivity contribution is 5.87. The van der Waals surface area contributed by atoms with Crippen LogP contribution in [-0.4, -0.2) is 31.0 Å². The second kappa shape index (κ2) is 18.6. The Bertz CT molecular complexity index is 1920. The van der Waals surface area contributed by atoms with Gasteiger partial charge in [0.2, 0.25) is 11.8 Å². The van der Waals surface area contributed by atoms with E-state index in [1.807, 2.05) is 109 Å². The van der Waals surface area contributed by atoms with Crippen LogP contribution in [0, 0.1) is 5.92 Å². The second-order valence-electron chi connectivity index (χ2n) is 12.3. The number of benzene rings is 5. The Kier molecular flexibility index (Phi) is 13.2. The van der Waals surface area contributed by atoms with Gasteiger partial charge in [0.05, 0.1) is 0 Å². The van der Waals surface area contributed by atoms with E-state index in [0.717, 1.165) is 22.3 Å². The van der Waals surface area contributed by atoms with Gasteiger partial charge in [0, 0.05) is 19.4 Å². The number of nitrogens with one attached hydrogen (secondary N) is 2. The molecule has 2 atom stereocenters. The van der Waals surface area contributed by atoms with Gasteiger partial charge in [-0.15, -0.1) is 0 Å². The van der Waals surface area contributed by atoms with E-state index >= 15 is 0 Å². The van der Waals surface area contributed by atoms with E-state index in [2.05, 4.69) is 10.6 Å². The van der Waals surface area contributed by atoms with Crippen molar-refractivity contribution in [1.82, 2.24) is 10.6 Å². The van der Waals surface area contributed by atoms with Gasteiger partial charge >= 0.3 is 6.09 Å². The van der Waals surface area contributed by atoms with Gasteiger partial charge in [-0.1, -0.05) is 110 Å². The van der Waals surface area contributed by atoms with Crippen molar-refractivity contribution in [2.24, 2.45) is 11.7 Å². The summed E-state index contributed by atoms with van der Waals surface area (Å²) in [6.45, 7) is 2.76. The zero-order valence-electron chi connectivity index (χ0n) is 29.2. The number of primary amides is 1. The fourth-order valence-corrected chi connectivity index (χ4v) is 5.37. The van der Waals surface area contributed by atoms with Crippen molar-refractivity contribution in [2.75, 3.05) is 7.05 Å². The Morgan fingerprint density at radius 2 is 1.02 bits per heavy atom. The van der Waals surface area contributed by atoms with Gasteiger partial charge in [-0.2, -0.15) is 0 Å². The minimum absolute atomic E-state index is 0.0712. The molecule has 268 valence electrons. The summed E-state index contributed by atoms with van der Waals surface area (Å²) < 4.78 is 23.7. The van der Waals surface area contributed by atoms with Crippen molar-refractivity contribution in [3.05, 3.63) is 155 Å². The van der Waals surface area contributed by atoms with Gasteiger partial charge in [-0.3, -0.25) is 9.59 Å². The van der Waals surface area contributed by atoms with E-state index in [1.165, 1.54) is 7.05 Å². The molecule has 10 heteroatoms. The first kappa shape index (κ1) is 37.0. The predicted octanol–water partition coefficient (Wildman–Crippen LogP) is 6.53. The lowest BCUT2D eigenvalue weighted by atomic mass is 9.98. The van der Waals surface area contributed by atoms with Crippen molar-refractivity contribution in [1.29, 1.82) is 0 Å². The first-order valence-electron chi connectivity index (χ1n) is 17.0. The van der Waals surface area contributed by atoms with Gasteiger partial charge in [0.1, 0.15) is 25.9 Å². The number of ether oxygens (including phenoxy) is 4. The van der Waals surface area contributed by atoms with Crippen LogP contribution in [0.15, 0.2) is 127 Å². The molecule has 0 saturated heterocycles. The van der Waals surface area contributed by atoms with Crippen LogP contribution in [0.5, 0.6) is 23.0 Å². The summed E-state index contributed by atoms with van der Waals surface area (Å²) in [6.07, 6.45) is -0.239. The molecular weight excluding hydrogens is 658 g/mol. The quantitative estimate of drug-likeness (QED) is 0.100. The number of nitrogens with two attached hydrogens (primary N) is 1. The predicted molar refractivity (Wildman–Crippen MR) is 198 cm³/mol. The normalized spacial score (nSPS) is 11.8. The average molecular weight is 702 g/mol. The summed E-state index contributed by atoms with van der Waals surface area (Å²) in [5.41, 5.74) is 10.2. The molecule has 0 unspecified atom stereocenters. The fourth-order valence-electron chi connectivity index (χ4n) is 5.37. The largest absolute Gasteiger partial charge is 0.485 e. The molecule has 0 spiro atoms. The highest BCUT2D eigenvalue weighted by atomic mass is 16.6. The summed E-state index contributed by atoms with van der Waals surface area (Å²) in [5, 5.41) is 5.23. The van der Waals surface area contributed by atoms with E-state index in [-0.39, 0.29) is 24.7 Å². The topological polar surface area (TPSA) is 138 Å². The number of carbonyl (C=O) groups is 3. The molecule has 5 rings (SSSR count). The van der Waals surface area contributed by atoms with Gasteiger partial charge in [0.25, 0.3) is 0 Å². The van der Waals surface area contributed by atoms with Crippen LogP contribution in [0.25, 0.3) is 0 Å². The van der Waals surface area contributed by atoms with Crippen molar-refractivity contribution in [2.45, 2.75) is 45.6 Å². The van der Waals surface area contributed by atoms with Crippen molar-refractivity contribution < 1.29 is 33.3 Å². The summed E-state index contributed by atoms with van der Waals surface area (Å²) in [7, 11) is 1.45. The molecule has 0 fully saturated rings. The van der Waals surface area contributed by atoms with Crippen molar-refractivity contribution in [3.8, 4) is 23.0 Å². The number of carbonyl (C=O) groups excluding carboxylic acids is 3. The first-order chi connectivity index (χ1) is 25.3. The molecule has 0 radical (unpaired) electrons. The highest BCUT2D eigenvalue weighted by Gasteiger charge is 2.24. The molecule has 0 aliphatic carbocycles. The van der Waals surface area contributed by atoms with Crippen molar-refractivity contribution >= 4 is 17.9 Å². The first-order valence-corrected chi connectivity index (χ1v) is 17.0. The van der Waals surface area contributed by atoms with Gasteiger partial charge < -0.3 is 35.3 Å². The van der Waals surface area contributed by atoms with Crippen LogP contribution >= 0.6 is 0 Å². The Morgan fingerprint density at radius 3 is 1.50 bits per heavy atom. The molecular formula is C42H43N3O7. The molecule has 0 heterocycles. The third kappa shape index (κ3) is 11.1. The maximum Gasteiger partial charge on any atom is 0.412 e. The number of amides is 3. The lowest BCUT2D eigenvalue weighted by Crippen LogP contribution is -2.47. The van der Waals surface area contributed by atoms with Crippen LogP contribution in [0.4, 0.5) is 4.79 Å². The zero-order chi connectivity index (χ0) is 36.7. The van der Waals surface area contributed by atoms with Crippen LogP contribution in [0.3, 0.4) is 0 Å². The number of hydrogen-bond acceptors (Lipinski definition) is 7. The van der Waals surface area contributed by atoms with E-state index in [9.17, 15) is 14.4 Å². The fraction of sp³-hybridized carbons (Fsp3) is 0.214. The third-order valence-corrected chi connectivity index (χ3v) is 8.22. The molecule has 10 nitrogen and oxygen atoms in total. The second-order valence-corrected chi connectivity index (χ2v) is 12.3. The minimum atomic E-state index is -1.02. The Labute approximate surface area is 303 Å². The van der Waals surface area contributed by atoms with Gasteiger partial charge in [0.15, 0.2) is 23.0 Å². The molecule has 0 saturated carbocycles. The standard InChI is InChI=1S/C42H43N3O7/c1-29(22-33-18-20-36(49-26-30-12-6-3-7-13-30)38(24-33)51-28-32-16-10-5-11-17-32)41(47)45-35(40(43)46)23-34-19-21-37(39(25-34)52-42(48)44-2)50-27-31-14-8-4-9-15-31/h3-21,24-25,29,35H,22-23,26-28H2,1-2H3,(H2,43,46)(H,44,48)(H,45,47)/t29-,35-/m0/s1. The van der Waals surface area contributed by atoms with Crippen molar-refractivity contribution in [3.63, 3.8) is 0 Å². The van der Waals surface area contributed by atoms with Crippen LogP contribution < -0.4 is 35.3 Å². The molecule has 0 aliphatic heterocycles. The van der Waals surface area contributed by atoms with Gasteiger partial charge in [-0.25, -0.2) is 4.79 Å². The molecule has 5 aromatic rings. The lowest BCUT2D eigenvalue weighted by molar-refractivity contribution is -0.129. The van der Waals surface area contributed by atoms with Gasteiger partial charge in [-0.05, 0) is 58.5 Å². The average Bonchev–Trinajstić information content (AvgIpc) is 3.17. The Balaban J connectivity index is 1.25. The summed E-state index contributed by atoms with van der Waals surface area (Å²) in [5.74, 6) is 0.0995. The Morgan fingerprint density at radius 1 is 0.577 bits per heavy atom. The lowest BCUT2D eigenvalue weighted by Gasteiger charge is -2.20. The molecule has 4 N–H and O–H groups in total. The summed E-state index contributed by atoms with van der Waals surface area (Å²) >= 11 is 0. The molecule has 0 aromatic heterocycles. The monoisotopic (exact) mass is 701 g/mol.